The van der Waals surface area contributed by atoms with Crippen LogP contribution in [-0.4, -0.2) is 16.3 Å². The lowest BCUT2D eigenvalue weighted by Crippen LogP contribution is -2.04. The van der Waals surface area contributed by atoms with Gasteiger partial charge in [-0.05, 0) is 65.4 Å². The third-order valence-electron chi connectivity index (χ3n) is 3.91. The number of anilines is 1. The number of hydrogen-bond acceptors (Lipinski definition) is 2. The van der Waals surface area contributed by atoms with Crippen LogP contribution in [0, 0.1) is 15.2 Å². The number of aromatic nitrogens is 2. The van der Waals surface area contributed by atoms with E-state index in [2.05, 4.69) is 33.0 Å². The van der Waals surface area contributed by atoms with Crippen molar-refractivity contribution in [1.29, 1.82) is 0 Å². The van der Waals surface area contributed by atoms with Gasteiger partial charge in [0.2, 0.25) is 0 Å². The maximum Gasteiger partial charge on any atom is 0.135 e. The van der Waals surface area contributed by atoms with Crippen LogP contribution in [0.5, 0.6) is 0 Å². The Bertz CT molecular complexity index is 888. The summed E-state index contributed by atoms with van der Waals surface area (Å²) in [5.41, 5.74) is 2.77. The number of nitrogens with zero attached hydrogens (tertiary/aromatic N) is 2. The second-order valence-electron chi connectivity index (χ2n) is 5.36. The summed E-state index contributed by atoms with van der Waals surface area (Å²) in [6.07, 6.45) is 0.770. The average molecular weight is 423 g/mol. The molecule has 0 saturated carbocycles. The Labute approximate surface area is 145 Å². The molecule has 0 spiro atoms. The van der Waals surface area contributed by atoms with Gasteiger partial charge in [-0.2, -0.15) is 5.10 Å². The highest BCUT2D eigenvalue weighted by Gasteiger charge is 2.25. The molecule has 0 saturated heterocycles. The molecule has 0 radical (unpaired) electrons. The maximum absolute atomic E-state index is 14.2. The molecule has 3 aromatic rings. The van der Waals surface area contributed by atoms with Crippen molar-refractivity contribution >= 4 is 28.4 Å². The maximum atomic E-state index is 14.2. The van der Waals surface area contributed by atoms with Crippen LogP contribution in [0.15, 0.2) is 42.5 Å². The summed E-state index contributed by atoms with van der Waals surface area (Å²) >= 11 is 2.24. The highest BCUT2D eigenvalue weighted by atomic mass is 127. The van der Waals surface area contributed by atoms with Crippen molar-refractivity contribution in [3.05, 3.63) is 63.2 Å². The zero-order valence-corrected chi connectivity index (χ0v) is 14.1. The SMILES string of the molecule is Fc1ccc(-c2nn(-c3ccc(I)cc3)c3c2CCN3)c(F)c1. The summed E-state index contributed by atoms with van der Waals surface area (Å²) in [6.45, 7) is 0.785. The van der Waals surface area contributed by atoms with Gasteiger partial charge in [0.1, 0.15) is 23.1 Å². The van der Waals surface area contributed by atoms with Crippen molar-refractivity contribution in [2.75, 3.05) is 11.9 Å². The van der Waals surface area contributed by atoms with E-state index in [0.29, 0.717) is 11.3 Å². The highest BCUT2D eigenvalue weighted by molar-refractivity contribution is 14.1. The minimum absolute atomic E-state index is 0.329. The first kappa shape index (κ1) is 14.6. The van der Waals surface area contributed by atoms with E-state index >= 15 is 0 Å². The van der Waals surface area contributed by atoms with Gasteiger partial charge in [0.05, 0.1) is 5.69 Å². The number of hydrogen-bond donors (Lipinski definition) is 1. The summed E-state index contributed by atoms with van der Waals surface area (Å²) in [5, 5.41) is 7.89. The van der Waals surface area contributed by atoms with Crippen molar-refractivity contribution in [3.8, 4) is 16.9 Å². The molecule has 23 heavy (non-hydrogen) atoms. The van der Waals surface area contributed by atoms with Gasteiger partial charge < -0.3 is 5.32 Å². The van der Waals surface area contributed by atoms with E-state index in [-0.39, 0.29) is 0 Å². The normalized spacial score (nSPS) is 13.0. The van der Waals surface area contributed by atoms with Gasteiger partial charge in [0.15, 0.2) is 0 Å². The summed E-state index contributed by atoms with van der Waals surface area (Å²) in [7, 11) is 0. The van der Waals surface area contributed by atoms with Crippen LogP contribution in [0.3, 0.4) is 0 Å². The van der Waals surface area contributed by atoms with Crippen molar-refractivity contribution in [3.63, 3.8) is 0 Å². The molecule has 0 fully saturated rings. The molecular weight excluding hydrogens is 411 g/mol. The van der Waals surface area contributed by atoms with Crippen LogP contribution in [-0.2, 0) is 6.42 Å². The first-order valence-electron chi connectivity index (χ1n) is 7.20. The Morgan fingerprint density at radius 2 is 1.87 bits per heavy atom. The smallest absolute Gasteiger partial charge is 0.135 e. The molecule has 116 valence electrons. The van der Waals surface area contributed by atoms with E-state index in [9.17, 15) is 8.78 Å². The van der Waals surface area contributed by atoms with Crippen molar-refractivity contribution in [2.24, 2.45) is 0 Å². The number of benzene rings is 2. The number of rotatable bonds is 2. The molecule has 1 aliphatic heterocycles. The molecule has 4 rings (SSSR count). The molecular formula is C17H12F2IN3. The minimum atomic E-state index is -0.591. The molecule has 0 bridgehead atoms. The Morgan fingerprint density at radius 1 is 1.09 bits per heavy atom. The van der Waals surface area contributed by atoms with E-state index in [0.717, 1.165) is 39.7 Å². The molecule has 1 aromatic heterocycles. The lowest BCUT2D eigenvalue weighted by Gasteiger charge is -2.06. The molecule has 1 aliphatic rings. The van der Waals surface area contributed by atoms with Gasteiger partial charge >= 0.3 is 0 Å². The standard InChI is InChI=1S/C17H12F2IN3/c18-10-1-6-13(15(19)9-10)16-14-7-8-21-17(14)23(22-16)12-4-2-11(20)3-5-12/h1-6,9,21H,7-8H2. The van der Waals surface area contributed by atoms with Gasteiger partial charge in [-0.25, -0.2) is 13.5 Å². The van der Waals surface area contributed by atoms with E-state index in [1.54, 1.807) is 4.68 Å². The summed E-state index contributed by atoms with van der Waals surface area (Å²) in [5.74, 6) is -0.296. The predicted octanol–water partition coefficient (Wildman–Crippen LogP) is 4.39. The van der Waals surface area contributed by atoms with Gasteiger partial charge in [-0.1, -0.05) is 0 Å². The Morgan fingerprint density at radius 3 is 2.61 bits per heavy atom. The Hall–Kier alpha value is -1.96. The van der Waals surface area contributed by atoms with Crippen LogP contribution in [0.4, 0.5) is 14.6 Å². The largest absolute Gasteiger partial charge is 0.369 e. The zero-order valence-electron chi connectivity index (χ0n) is 12.0. The third-order valence-corrected chi connectivity index (χ3v) is 4.63. The molecule has 6 heteroatoms. The first-order valence-corrected chi connectivity index (χ1v) is 8.28. The Balaban J connectivity index is 1.89. The summed E-state index contributed by atoms with van der Waals surface area (Å²) in [6, 6.07) is 11.5. The summed E-state index contributed by atoms with van der Waals surface area (Å²) < 4.78 is 30.2. The van der Waals surface area contributed by atoms with Crippen LogP contribution >= 0.6 is 22.6 Å². The quantitative estimate of drug-likeness (QED) is 0.620. The fraction of sp³-hybridized carbons (Fsp3) is 0.118. The molecule has 0 amide bonds. The topological polar surface area (TPSA) is 29.9 Å². The minimum Gasteiger partial charge on any atom is -0.369 e. The summed E-state index contributed by atoms with van der Waals surface area (Å²) in [4.78, 5) is 0. The monoisotopic (exact) mass is 423 g/mol. The molecule has 2 heterocycles. The fourth-order valence-corrected chi connectivity index (χ4v) is 3.20. The lowest BCUT2D eigenvalue weighted by atomic mass is 10.1. The molecule has 0 atom stereocenters. The third kappa shape index (κ3) is 2.50. The van der Waals surface area contributed by atoms with Crippen LogP contribution in [0.25, 0.3) is 16.9 Å². The predicted molar refractivity (Wildman–Crippen MR) is 93.8 cm³/mol. The van der Waals surface area contributed by atoms with E-state index in [4.69, 9.17) is 0 Å². The fourth-order valence-electron chi connectivity index (χ4n) is 2.84. The molecule has 0 aliphatic carbocycles. The molecule has 0 unspecified atom stereocenters. The number of halogens is 3. The number of nitrogens with one attached hydrogen (secondary N) is 1. The van der Waals surface area contributed by atoms with Gasteiger partial charge in [0, 0.05) is 27.3 Å². The van der Waals surface area contributed by atoms with Gasteiger partial charge in [0.25, 0.3) is 0 Å². The van der Waals surface area contributed by atoms with E-state index < -0.39 is 11.6 Å². The van der Waals surface area contributed by atoms with Crippen molar-refractivity contribution < 1.29 is 8.78 Å². The van der Waals surface area contributed by atoms with Crippen LogP contribution in [0.2, 0.25) is 0 Å². The number of fused-ring (bicyclic) bond motifs is 1. The van der Waals surface area contributed by atoms with E-state index in [1.165, 1.54) is 12.1 Å². The molecule has 1 N–H and O–H groups in total. The molecule has 2 aromatic carbocycles. The second-order valence-corrected chi connectivity index (χ2v) is 6.61. The van der Waals surface area contributed by atoms with Gasteiger partial charge in [-0.3, -0.25) is 0 Å². The van der Waals surface area contributed by atoms with Gasteiger partial charge in [-0.15, -0.1) is 0 Å². The zero-order chi connectivity index (χ0) is 16.0. The second kappa shape index (κ2) is 5.59. The van der Waals surface area contributed by atoms with E-state index in [1.807, 2.05) is 24.3 Å². The Kier molecular flexibility index (Phi) is 3.56. The highest BCUT2D eigenvalue weighted by Crippen LogP contribution is 2.35. The lowest BCUT2D eigenvalue weighted by molar-refractivity contribution is 0.585. The first-order chi connectivity index (χ1) is 11.1. The van der Waals surface area contributed by atoms with Crippen LogP contribution < -0.4 is 5.32 Å². The average Bonchev–Trinajstić information content (AvgIpc) is 3.11. The van der Waals surface area contributed by atoms with Crippen molar-refractivity contribution in [1.82, 2.24) is 9.78 Å². The molecule has 3 nitrogen and oxygen atoms in total. The van der Waals surface area contributed by atoms with Crippen molar-refractivity contribution in [2.45, 2.75) is 6.42 Å². The van der Waals surface area contributed by atoms with Crippen LogP contribution in [0.1, 0.15) is 5.56 Å².